The Hall–Kier alpha value is -0.900. The van der Waals surface area contributed by atoms with Crippen molar-refractivity contribution in [1.29, 1.82) is 0 Å². The molecule has 1 saturated heterocycles. The van der Waals surface area contributed by atoms with E-state index in [1.165, 1.54) is 5.56 Å². The van der Waals surface area contributed by atoms with Gasteiger partial charge in [0.15, 0.2) is 5.96 Å². The Morgan fingerprint density at radius 1 is 1.22 bits per heavy atom. The summed E-state index contributed by atoms with van der Waals surface area (Å²) in [5.74, 6) is 0.903. The lowest BCUT2D eigenvalue weighted by Crippen LogP contribution is -2.45. The van der Waals surface area contributed by atoms with Gasteiger partial charge in [0.1, 0.15) is 0 Å². The summed E-state index contributed by atoms with van der Waals surface area (Å²) in [5.41, 5.74) is 1.34. The van der Waals surface area contributed by atoms with Crippen molar-refractivity contribution in [1.82, 2.24) is 20.4 Å². The van der Waals surface area contributed by atoms with Gasteiger partial charge in [-0.05, 0) is 26.5 Å². The second-order valence-electron chi connectivity index (χ2n) is 6.87. The van der Waals surface area contributed by atoms with Crippen LogP contribution in [0.25, 0.3) is 0 Å². The number of halogens is 1. The molecule has 1 aromatic carbocycles. The minimum atomic E-state index is 0. The molecule has 7 heteroatoms. The Bertz CT molecular complexity index is 522. The zero-order valence-corrected chi connectivity index (χ0v) is 19.3. The molecule has 1 aliphatic rings. The van der Waals surface area contributed by atoms with Crippen molar-refractivity contribution in [3.8, 4) is 0 Å². The van der Waals surface area contributed by atoms with Crippen LogP contribution in [0.4, 0.5) is 0 Å². The molecule has 1 unspecified atom stereocenters. The van der Waals surface area contributed by atoms with E-state index in [-0.39, 0.29) is 24.0 Å². The number of nitrogens with zero attached hydrogens (tertiary/aromatic N) is 3. The van der Waals surface area contributed by atoms with Crippen molar-refractivity contribution < 1.29 is 4.74 Å². The summed E-state index contributed by atoms with van der Waals surface area (Å²) in [6.07, 6.45) is 0. The maximum Gasteiger partial charge on any atom is 0.191 e. The van der Waals surface area contributed by atoms with E-state index in [0.29, 0.717) is 6.04 Å². The molecule has 154 valence electrons. The van der Waals surface area contributed by atoms with Gasteiger partial charge in [-0.3, -0.25) is 9.89 Å². The Morgan fingerprint density at radius 3 is 2.59 bits per heavy atom. The molecule has 0 saturated carbocycles. The maximum absolute atomic E-state index is 5.43. The predicted octanol–water partition coefficient (Wildman–Crippen LogP) is 2.01. The first-order valence-electron chi connectivity index (χ1n) is 9.75. The normalized spacial score (nSPS) is 16.7. The van der Waals surface area contributed by atoms with Gasteiger partial charge in [-0.25, -0.2) is 0 Å². The smallest absolute Gasteiger partial charge is 0.191 e. The molecule has 0 aliphatic carbocycles. The van der Waals surface area contributed by atoms with Gasteiger partial charge < -0.3 is 20.3 Å². The summed E-state index contributed by atoms with van der Waals surface area (Å²) in [6.45, 7) is 12.5. The van der Waals surface area contributed by atoms with E-state index in [2.05, 4.69) is 71.7 Å². The summed E-state index contributed by atoms with van der Waals surface area (Å²) in [7, 11) is 2.15. The van der Waals surface area contributed by atoms with Gasteiger partial charge in [-0.15, -0.1) is 24.0 Å². The van der Waals surface area contributed by atoms with Gasteiger partial charge in [0.2, 0.25) is 0 Å². The summed E-state index contributed by atoms with van der Waals surface area (Å²) in [4.78, 5) is 9.53. The van der Waals surface area contributed by atoms with E-state index >= 15 is 0 Å². The highest BCUT2D eigenvalue weighted by Crippen LogP contribution is 2.04. The van der Waals surface area contributed by atoms with Gasteiger partial charge in [0.25, 0.3) is 0 Å². The molecule has 1 fully saturated rings. The third kappa shape index (κ3) is 9.73. The largest absolute Gasteiger partial charge is 0.379 e. The fraction of sp³-hybridized carbons (Fsp3) is 0.650. The summed E-state index contributed by atoms with van der Waals surface area (Å²) >= 11 is 0. The highest BCUT2D eigenvalue weighted by Gasteiger charge is 2.16. The molecule has 1 aromatic rings. The monoisotopic (exact) mass is 489 g/mol. The van der Waals surface area contributed by atoms with Gasteiger partial charge in [-0.2, -0.15) is 0 Å². The zero-order chi connectivity index (χ0) is 18.6. The fourth-order valence-electron chi connectivity index (χ4n) is 3.04. The quantitative estimate of drug-likeness (QED) is 0.316. The molecular formula is C20H36IN5O. The molecule has 0 aromatic heterocycles. The highest BCUT2D eigenvalue weighted by molar-refractivity contribution is 14.0. The molecular weight excluding hydrogens is 453 g/mol. The van der Waals surface area contributed by atoms with Gasteiger partial charge in [-0.1, -0.05) is 30.3 Å². The number of nitrogens with one attached hydrogen (secondary N) is 2. The average molecular weight is 489 g/mol. The van der Waals surface area contributed by atoms with Crippen LogP contribution in [0, 0.1) is 0 Å². The van der Waals surface area contributed by atoms with Crippen LogP contribution in [0.2, 0.25) is 0 Å². The van der Waals surface area contributed by atoms with Crippen molar-refractivity contribution in [2.24, 2.45) is 4.99 Å². The molecule has 0 bridgehead atoms. The third-order valence-corrected chi connectivity index (χ3v) is 4.61. The second kappa shape index (κ2) is 14.1. The van der Waals surface area contributed by atoms with Crippen LogP contribution in [0.15, 0.2) is 35.3 Å². The van der Waals surface area contributed by atoms with Crippen molar-refractivity contribution in [3.05, 3.63) is 35.9 Å². The standard InChI is InChI=1S/C20H35N5O.HI/c1-4-21-20(23-16-18(2)25-12-14-26-15-13-25)22-10-11-24(3)17-19-8-6-5-7-9-19;/h5-9,18H,4,10-17H2,1-3H3,(H2,21,22,23);1H. The number of rotatable bonds is 9. The van der Waals surface area contributed by atoms with Crippen LogP contribution in [-0.2, 0) is 11.3 Å². The summed E-state index contributed by atoms with van der Waals surface area (Å²) in [5, 5.41) is 6.79. The van der Waals surface area contributed by atoms with E-state index in [9.17, 15) is 0 Å². The lowest BCUT2D eigenvalue weighted by Gasteiger charge is -2.31. The number of benzene rings is 1. The molecule has 2 rings (SSSR count). The lowest BCUT2D eigenvalue weighted by molar-refractivity contribution is 0.0220. The van der Waals surface area contributed by atoms with Crippen LogP contribution in [0.5, 0.6) is 0 Å². The maximum atomic E-state index is 5.43. The van der Waals surface area contributed by atoms with Crippen LogP contribution < -0.4 is 10.6 Å². The number of aliphatic imine (C=N–C) groups is 1. The fourth-order valence-corrected chi connectivity index (χ4v) is 3.04. The Labute approximate surface area is 181 Å². The first-order chi connectivity index (χ1) is 12.7. The molecule has 1 heterocycles. The molecule has 2 N–H and O–H groups in total. The van der Waals surface area contributed by atoms with Crippen molar-refractivity contribution in [2.45, 2.75) is 26.4 Å². The number of hydrogen-bond acceptors (Lipinski definition) is 4. The topological polar surface area (TPSA) is 52.1 Å². The molecule has 6 nitrogen and oxygen atoms in total. The Kier molecular flexibility index (Phi) is 12.6. The van der Waals surface area contributed by atoms with E-state index in [4.69, 9.17) is 9.73 Å². The zero-order valence-electron chi connectivity index (χ0n) is 17.0. The molecule has 1 atom stereocenters. The minimum Gasteiger partial charge on any atom is -0.379 e. The molecule has 0 spiro atoms. The minimum absolute atomic E-state index is 0. The summed E-state index contributed by atoms with van der Waals surface area (Å²) < 4.78 is 5.43. The van der Waals surface area contributed by atoms with Gasteiger partial charge in [0, 0.05) is 45.3 Å². The van der Waals surface area contributed by atoms with Crippen molar-refractivity contribution in [3.63, 3.8) is 0 Å². The van der Waals surface area contributed by atoms with Crippen LogP contribution in [0.1, 0.15) is 19.4 Å². The van der Waals surface area contributed by atoms with Gasteiger partial charge >= 0.3 is 0 Å². The van der Waals surface area contributed by atoms with E-state index in [1.54, 1.807) is 0 Å². The van der Waals surface area contributed by atoms with Crippen molar-refractivity contribution in [2.75, 3.05) is 59.5 Å². The summed E-state index contributed by atoms with van der Waals surface area (Å²) in [6, 6.07) is 11.0. The average Bonchev–Trinajstić information content (AvgIpc) is 2.67. The van der Waals surface area contributed by atoms with Crippen LogP contribution in [-0.4, -0.2) is 81.3 Å². The SMILES string of the molecule is CCNC(=NCC(C)N1CCOCC1)NCCN(C)Cc1ccccc1.I. The van der Waals surface area contributed by atoms with Crippen LogP contribution >= 0.6 is 24.0 Å². The third-order valence-electron chi connectivity index (χ3n) is 4.61. The lowest BCUT2D eigenvalue weighted by atomic mass is 10.2. The Morgan fingerprint density at radius 2 is 1.93 bits per heavy atom. The number of guanidine groups is 1. The van der Waals surface area contributed by atoms with E-state index in [1.807, 2.05) is 0 Å². The number of morpholine rings is 1. The second-order valence-corrected chi connectivity index (χ2v) is 6.87. The van der Waals surface area contributed by atoms with E-state index < -0.39 is 0 Å². The highest BCUT2D eigenvalue weighted by atomic mass is 127. The number of ether oxygens (including phenoxy) is 1. The van der Waals surface area contributed by atoms with Crippen LogP contribution in [0.3, 0.4) is 0 Å². The Balaban J connectivity index is 0.00000364. The number of hydrogen-bond donors (Lipinski definition) is 2. The van der Waals surface area contributed by atoms with Gasteiger partial charge in [0.05, 0.1) is 19.8 Å². The molecule has 0 amide bonds. The molecule has 0 radical (unpaired) electrons. The first-order valence-corrected chi connectivity index (χ1v) is 9.75. The van der Waals surface area contributed by atoms with E-state index in [0.717, 1.165) is 65.0 Å². The first kappa shape index (κ1) is 24.1. The molecule has 1 aliphatic heterocycles. The number of likely N-dealkylation sites (N-methyl/N-ethyl adjacent to an activating group) is 1. The van der Waals surface area contributed by atoms with Crippen molar-refractivity contribution >= 4 is 29.9 Å². The predicted molar refractivity (Wildman–Crippen MR) is 124 cm³/mol. The molecule has 27 heavy (non-hydrogen) atoms.